The number of rotatable bonds is 3. The van der Waals surface area contributed by atoms with Gasteiger partial charge in [-0.1, -0.05) is 24.9 Å². The van der Waals surface area contributed by atoms with Gasteiger partial charge in [-0.15, -0.1) is 0 Å². The summed E-state index contributed by atoms with van der Waals surface area (Å²) in [6.45, 7) is 1.97. The fourth-order valence-corrected chi connectivity index (χ4v) is 5.28. The number of pyridine rings is 1. The number of anilines is 1. The number of carboxylic acids is 1. The van der Waals surface area contributed by atoms with E-state index in [-0.39, 0.29) is 40.9 Å². The van der Waals surface area contributed by atoms with Crippen LogP contribution in [0.15, 0.2) is 48.4 Å². The van der Waals surface area contributed by atoms with Crippen molar-refractivity contribution >= 4 is 40.6 Å². The van der Waals surface area contributed by atoms with Crippen LogP contribution in [0.2, 0.25) is 5.02 Å². The van der Waals surface area contributed by atoms with Gasteiger partial charge >= 0.3 is 5.97 Å². The maximum atomic E-state index is 14.6. The normalized spacial score (nSPS) is 23.7. The Hall–Kier alpha value is -3.83. The van der Waals surface area contributed by atoms with Crippen molar-refractivity contribution in [2.75, 3.05) is 11.6 Å². The SMILES string of the molecule is C[C@@H]1CCC[C@H](N2CCC(c3c(F)ccc(Cl)c3F)=CC2=O)c2cc(ccn2)N2NC(C(=O)O)C=C2NC1=O. The molecule has 0 spiro atoms. The topological polar surface area (TPSA) is 115 Å². The Morgan fingerprint density at radius 1 is 1.21 bits per heavy atom. The Bertz CT molecular complexity index is 1410. The van der Waals surface area contributed by atoms with Crippen molar-refractivity contribution in [2.45, 2.75) is 44.7 Å². The third kappa shape index (κ3) is 5.24. The first-order valence-electron chi connectivity index (χ1n) is 12.6. The second kappa shape index (κ2) is 10.7. The van der Waals surface area contributed by atoms with Crippen LogP contribution in [-0.4, -0.2) is 45.4 Å². The Morgan fingerprint density at radius 3 is 2.74 bits per heavy atom. The quantitative estimate of drug-likeness (QED) is 0.490. The lowest BCUT2D eigenvalue weighted by Crippen LogP contribution is -2.45. The van der Waals surface area contributed by atoms with Crippen molar-refractivity contribution in [1.82, 2.24) is 20.6 Å². The van der Waals surface area contributed by atoms with Gasteiger partial charge in [0.1, 0.15) is 17.7 Å². The minimum Gasteiger partial charge on any atom is -0.480 e. The highest BCUT2D eigenvalue weighted by atomic mass is 35.5. The average Bonchev–Trinajstić information content (AvgIpc) is 3.33. The molecule has 3 atom stereocenters. The molecule has 1 unspecified atom stereocenters. The van der Waals surface area contributed by atoms with Gasteiger partial charge in [0.05, 0.1) is 28.0 Å². The maximum Gasteiger partial charge on any atom is 0.326 e. The molecule has 5 rings (SSSR count). The molecule has 0 saturated carbocycles. The number of carbonyl (C=O) groups is 3. The first-order valence-corrected chi connectivity index (χ1v) is 12.9. The van der Waals surface area contributed by atoms with E-state index in [1.165, 1.54) is 17.2 Å². The molecule has 2 bridgehead atoms. The number of aromatic nitrogens is 1. The number of nitrogens with one attached hydrogen (secondary N) is 2. The van der Waals surface area contributed by atoms with Gasteiger partial charge in [-0.3, -0.25) is 24.4 Å². The number of halogens is 3. The average molecular weight is 558 g/mol. The molecule has 1 aromatic heterocycles. The van der Waals surface area contributed by atoms with Crippen molar-refractivity contribution in [3.05, 3.63) is 76.3 Å². The largest absolute Gasteiger partial charge is 0.480 e. The monoisotopic (exact) mass is 557 g/mol. The molecule has 9 nitrogen and oxygen atoms in total. The van der Waals surface area contributed by atoms with Crippen LogP contribution in [0, 0.1) is 17.6 Å². The minimum absolute atomic E-state index is 0.191. The summed E-state index contributed by atoms with van der Waals surface area (Å²) in [6.07, 6.45) is 6.03. The van der Waals surface area contributed by atoms with E-state index in [1.807, 2.05) is 0 Å². The first kappa shape index (κ1) is 26.8. The zero-order valence-corrected chi connectivity index (χ0v) is 21.7. The zero-order valence-electron chi connectivity index (χ0n) is 21.0. The Balaban J connectivity index is 1.50. The number of aliphatic carboxylic acids is 1. The van der Waals surface area contributed by atoms with Gasteiger partial charge in [-0.05, 0) is 55.2 Å². The molecule has 0 fully saturated rings. The standard InChI is InChI=1S/C27H26ClF2N5O4/c1-14-3-2-4-21(34-10-8-15(11-23(34)36)24-18(29)6-5-17(28)25(24)30)19-12-16(7-9-31-19)35-22(32-26(14)37)13-20(33-35)27(38)39/h5-7,9,11-14,20-21,33H,2-4,8,10H2,1H3,(H,32,37)(H,38,39)/t14-,20?,21+/m1/s1. The van der Waals surface area contributed by atoms with Gasteiger partial charge in [0, 0.05) is 24.7 Å². The molecule has 0 aliphatic carbocycles. The summed E-state index contributed by atoms with van der Waals surface area (Å²) >= 11 is 5.86. The lowest BCUT2D eigenvalue weighted by molar-refractivity contribution is -0.138. The van der Waals surface area contributed by atoms with Crippen LogP contribution < -0.4 is 15.8 Å². The van der Waals surface area contributed by atoms with Gasteiger partial charge in [0.2, 0.25) is 11.8 Å². The molecule has 204 valence electrons. The Kier molecular flexibility index (Phi) is 7.37. The van der Waals surface area contributed by atoms with Gasteiger partial charge in [0.15, 0.2) is 5.82 Å². The van der Waals surface area contributed by atoms with E-state index >= 15 is 0 Å². The molecular formula is C27H26ClF2N5O4. The van der Waals surface area contributed by atoms with Crippen LogP contribution in [-0.2, 0) is 14.4 Å². The fraction of sp³-hybridized carbons (Fsp3) is 0.333. The highest BCUT2D eigenvalue weighted by molar-refractivity contribution is 6.31. The second-order valence-corrected chi connectivity index (χ2v) is 10.2. The number of fused-ring (bicyclic) bond motifs is 4. The summed E-state index contributed by atoms with van der Waals surface area (Å²) in [7, 11) is 0. The lowest BCUT2D eigenvalue weighted by Gasteiger charge is -2.35. The fourth-order valence-electron chi connectivity index (χ4n) is 5.12. The number of hydrogen-bond acceptors (Lipinski definition) is 6. The van der Waals surface area contributed by atoms with Crippen molar-refractivity contribution in [3.63, 3.8) is 0 Å². The highest BCUT2D eigenvalue weighted by Crippen LogP contribution is 2.36. The molecule has 4 heterocycles. The molecule has 3 N–H and O–H groups in total. The Labute approximate surface area is 228 Å². The number of hydrogen-bond donors (Lipinski definition) is 3. The second-order valence-electron chi connectivity index (χ2n) is 9.78. The van der Waals surface area contributed by atoms with Crippen molar-refractivity contribution in [2.24, 2.45) is 5.92 Å². The number of nitrogens with zero attached hydrogens (tertiary/aromatic N) is 3. The molecule has 0 radical (unpaired) electrons. The molecule has 2 aromatic rings. The number of carboxylic acid groups (broad SMARTS) is 1. The van der Waals surface area contributed by atoms with Crippen LogP contribution in [0.25, 0.3) is 5.57 Å². The minimum atomic E-state index is -1.11. The molecule has 0 saturated heterocycles. The van der Waals surface area contributed by atoms with Crippen molar-refractivity contribution in [1.29, 1.82) is 0 Å². The summed E-state index contributed by atoms with van der Waals surface area (Å²) in [6, 6.07) is 4.06. The van der Waals surface area contributed by atoms with Crippen LogP contribution in [0.4, 0.5) is 14.5 Å². The summed E-state index contributed by atoms with van der Waals surface area (Å²) in [5.41, 5.74) is 3.87. The first-order chi connectivity index (χ1) is 18.6. The molecular weight excluding hydrogens is 532 g/mol. The van der Waals surface area contributed by atoms with Gasteiger partial charge in [0.25, 0.3) is 0 Å². The molecule has 3 aliphatic rings. The van der Waals surface area contributed by atoms with Crippen molar-refractivity contribution < 1.29 is 28.3 Å². The van der Waals surface area contributed by atoms with Gasteiger partial charge in [-0.2, -0.15) is 0 Å². The summed E-state index contributed by atoms with van der Waals surface area (Å²) < 4.78 is 29.1. The summed E-state index contributed by atoms with van der Waals surface area (Å²) in [5, 5.41) is 13.6. The smallest absolute Gasteiger partial charge is 0.326 e. The summed E-state index contributed by atoms with van der Waals surface area (Å²) in [4.78, 5) is 44.0. The molecule has 12 heteroatoms. The predicted octanol–water partition coefficient (Wildman–Crippen LogP) is 3.93. The number of benzene rings is 1. The van der Waals surface area contributed by atoms with E-state index in [2.05, 4.69) is 15.7 Å². The van der Waals surface area contributed by atoms with Crippen LogP contribution in [0.3, 0.4) is 0 Å². The number of carbonyl (C=O) groups excluding carboxylic acids is 2. The molecule has 1 aromatic carbocycles. The van der Waals surface area contributed by atoms with Gasteiger partial charge in [-0.25, -0.2) is 14.2 Å². The van der Waals surface area contributed by atoms with Gasteiger partial charge < -0.3 is 15.3 Å². The van der Waals surface area contributed by atoms with E-state index in [0.717, 1.165) is 12.1 Å². The van der Waals surface area contributed by atoms with E-state index in [1.54, 1.807) is 30.2 Å². The van der Waals surface area contributed by atoms with Crippen LogP contribution in [0.5, 0.6) is 0 Å². The number of hydrazine groups is 1. The maximum absolute atomic E-state index is 14.6. The van der Waals surface area contributed by atoms with Crippen LogP contribution >= 0.6 is 11.6 Å². The zero-order chi connectivity index (χ0) is 27.8. The molecule has 2 amide bonds. The Morgan fingerprint density at radius 2 is 2.00 bits per heavy atom. The van der Waals surface area contributed by atoms with E-state index < -0.39 is 35.6 Å². The van der Waals surface area contributed by atoms with E-state index in [0.29, 0.717) is 36.5 Å². The third-order valence-electron chi connectivity index (χ3n) is 7.22. The summed E-state index contributed by atoms with van der Waals surface area (Å²) in [5.74, 6) is -3.56. The molecule has 3 aliphatic heterocycles. The van der Waals surface area contributed by atoms with Crippen molar-refractivity contribution in [3.8, 4) is 0 Å². The van der Waals surface area contributed by atoms with Crippen LogP contribution in [0.1, 0.15) is 49.9 Å². The molecule has 39 heavy (non-hydrogen) atoms. The predicted molar refractivity (Wildman–Crippen MR) is 139 cm³/mol. The number of amides is 2. The third-order valence-corrected chi connectivity index (χ3v) is 7.51. The highest BCUT2D eigenvalue weighted by Gasteiger charge is 2.34. The van der Waals surface area contributed by atoms with E-state index in [9.17, 15) is 28.3 Å². The van der Waals surface area contributed by atoms with E-state index in [4.69, 9.17) is 11.6 Å². The lowest BCUT2D eigenvalue weighted by atomic mass is 9.94.